The number of benzene rings is 1. The van der Waals surface area contributed by atoms with Crippen molar-refractivity contribution in [2.45, 2.75) is 38.1 Å². The summed E-state index contributed by atoms with van der Waals surface area (Å²) in [5.41, 5.74) is 6.74. The number of pyridine rings is 1. The van der Waals surface area contributed by atoms with E-state index in [9.17, 15) is 0 Å². The van der Waals surface area contributed by atoms with Crippen molar-refractivity contribution in [3.63, 3.8) is 0 Å². The lowest BCUT2D eigenvalue weighted by atomic mass is 9.91. The molecule has 1 aliphatic carbocycles. The molecule has 1 heterocycles. The van der Waals surface area contributed by atoms with Crippen molar-refractivity contribution in [3.8, 4) is 0 Å². The van der Waals surface area contributed by atoms with E-state index in [2.05, 4.69) is 40.8 Å². The Morgan fingerprint density at radius 3 is 2.90 bits per heavy atom. The van der Waals surface area contributed by atoms with Gasteiger partial charge in [-0.25, -0.2) is 0 Å². The largest absolute Gasteiger partial charge is 0.271 e. The zero-order chi connectivity index (χ0) is 13.8. The van der Waals surface area contributed by atoms with Crippen LogP contribution in [0.4, 0.5) is 0 Å². The summed E-state index contributed by atoms with van der Waals surface area (Å²) >= 11 is 0. The van der Waals surface area contributed by atoms with Gasteiger partial charge in [0.15, 0.2) is 0 Å². The van der Waals surface area contributed by atoms with E-state index in [-0.39, 0.29) is 6.04 Å². The molecule has 1 unspecified atom stereocenters. The van der Waals surface area contributed by atoms with Gasteiger partial charge in [0.05, 0.1) is 11.6 Å². The maximum absolute atomic E-state index is 5.81. The Labute approximate surface area is 119 Å². The molecule has 0 fully saturated rings. The fraction of sp³-hybridized carbons (Fsp3) is 0.353. The highest BCUT2D eigenvalue weighted by Crippen LogP contribution is 2.30. The molecule has 104 valence electrons. The average molecular weight is 267 g/mol. The number of hydrazine groups is 1. The van der Waals surface area contributed by atoms with Crippen LogP contribution in [0, 0.1) is 0 Å². The van der Waals surface area contributed by atoms with E-state index < -0.39 is 0 Å². The third kappa shape index (κ3) is 2.74. The molecule has 3 N–H and O–H groups in total. The van der Waals surface area contributed by atoms with E-state index in [4.69, 9.17) is 5.84 Å². The van der Waals surface area contributed by atoms with Crippen molar-refractivity contribution in [1.29, 1.82) is 0 Å². The SMILES string of the molecule is NNC(CC1=CCCCC1)c1cccc2cccnc12. The van der Waals surface area contributed by atoms with E-state index in [1.165, 1.54) is 42.2 Å². The van der Waals surface area contributed by atoms with Crippen molar-refractivity contribution in [2.24, 2.45) is 5.84 Å². The zero-order valence-corrected chi connectivity index (χ0v) is 11.7. The van der Waals surface area contributed by atoms with Gasteiger partial charge in [-0.2, -0.15) is 0 Å². The molecule has 1 aromatic carbocycles. The summed E-state index contributed by atoms with van der Waals surface area (Å²) in [4.78, 5) is 4.53. The first kappa shape index (κ1) is 13.3. The summed E-state index contributed by atoms with van der Waals surface area (Å²) in [6.45, 7) is 0. The highest BCUT2D eigenvalue weighted by molar-refractivity contribution is 5.82. The van der Waals surface area contributed by atoms with Crippen molar-refractivity contribution in [2.75, 3.05) is 0 Å². The number of hydrogen-bond acceptors (Lipinski definition) is 3. The number of fused-ring (bicyclic) bond motifs is 1. The van der Waals surface area contributed by atoms with Crippen LogP contribution >= 0.6 is 0 Å². The van der Waals surface area contributed by atoms with Gasteiger partial charge in [0.2, 0.25) is 0 Å². The molecule has 3 heteroatoms. The second-order valence-corrected chi connectivity index (χ2v) is 5.45. The summed E-state index contributed by atoms with van der Waals surface area (Å²) < 4.78 is 0. The molecule has 1 aromatic heterocycles. The molecular formula is C17H21N3. The van der Waals surface area contributed by atoms with Gasteiger partial charge in [-0.1, -0.05) is 35.9 Å². The molecule has 0 aliphatic heterocycles. The molecule has 1 atom stereocenters. The Morgan fingerprint density at radius 1 is 1.20 bits per heavy atom. The third-order valence-electron chi connectivity index (χ3n) is 4.09. The van der Waals surface area contributed by atoms with Gasteiger partial charge >= 0.3 is 0 Å². The molecule has 0 amide bonds. The third-order valence-corrected chi connectivity index (χ3v) is 4.09. The van der Waals surface area contributed by atoms with Crippen LogP contribution < -0.4 is 11.3 Å². The summed E-state index contributed by atoms with van der Waals surface area (Å²) in [5, 5.41) is 1.17. The second-order valence-electron chi connectivity index (χ2n) is 5.45. The molecule has 0 spiro atoms. The van der Waals surface area contributed by atoms with Gasteiger partial charge in [0, 0.05) is 11.6 Å². The topological polar surface area (TPSA) is 50.9 Å². The number of aromatic nitrogens is 1. The van der Waals surface area contributed by atoms with Gasteiger partial charge in [-0.15, -0.1) is 0 Å². The molecule has 0 saturated carbocycles. The van der Waals surface area contributed by atoms with Crippen molar-refractivity contribution >= 4 is 10.9 Å². The van der Waals surface area contributed by atoms with Crippen LogP contribution in [0.3, 0.4) is 0 Å². The first-order valence-corrected chi connectivity index (χ1v) is 7.36. The predicted molar refractivity (Wildman–Crippen MR) is 83.0 cm³/mol. The lowest BCUT2D eigenvalue weighted by Gasteiger charge is -2.21. The van der Waals surface area contributed by atoms with E-state index >= 15 is 0 Å². The number of nitrogens with one attached hydrogen (secondary N) is 1. The molecule has 0 radical (unpaired) electrons. The quantitative estimate of drug-likeness (QED) is 0.505. The molecule has 0 bridgehead atoms. The standard InChI is InChI=1S/C17H21N3/c18-20-16(12-13-6-2-1-3-7-13)15-10-4-8-14-9-5-11-19-17(14)15/h4-6,8-11,16,20H,1-3,7,12,18H2. The van der Waals surface area contributed by atoms with Crippen LogP contribution in [-0.4, -0.2) is 4.98 Å². The molecule has 20 heavy (non-hydrogen) atoms. The number of nitrogens with two attached hydrogens (primary N) is 1. The van der Waals surface area contributed by atoms with E-state index in [0.717, 1.165) is 11.9 Å². The molecule has 0 saturated heterocycles. The van der Waals surface area contributed by atoms with E-state index in [1.54, 1.807) is 0 Å². The number of rotatable bonds is 4. The lowest BCUT2D eigenvalue weighted by Crippen LogP contribution is -2.28. The van der Waals surface area contributed by atoms with Crippen molar-refractivity contribution in [1.82, 2.24) is 10.4 Å². The summed E-state index contributed by atoms with van der Waals surface area (Å²) in [7, 11) is 0. The van der Waals surface area contributed by atoms with Crippen LogP contribution in [0.1, 0.15) is 43.7 Å². The van der Waals surface area contributed by atoms with Gasteiger partial charge in [0.1, 0.15) is 0 Å². The molecule has 3 rings (SSSR count). The van der Waals surface area contributed by atoms with Crippen LogP contribution in [0.25, 0.3) is 10.9 Å². The fourth-order valence-electron chi connectivity index (χ4n) is 3.02. The maximum Gasteiger partial charge on any atom is 0.0750 e. The molecule has 1 aliphatic rings. The Kier molecular flexibility index (Phi) is 4.09. The molecule has 2 aromatic rings. The smallest absolute Gasteiger partial charge is 0.0750 e. The van der Waals surface area contributed by atoms with Gasteiger partial charge in [0.25, 0.3) is 0 Å². The number of para-hydroxylation sites is 1. The van der Waals surface area contributed by atoms with Gasteiger partial charge in [-0.05, 0) is 43.7 Å². The van der Waals surface area contributed by atoms with Crippen molar-refractivity contribution in [3.05, 3.63) is 53.7 Å². The normalized spacial score (nSPS) is 16.9. The first-order chi connectivity index (χ1) is 9.88. The second kappa shape index (κ2) is 6.16. The highest BCUT2D eigenvalue weighted by Gasteiger charge is 2.16. The average Bonchev–Trinajstić information content (AvgIpc) is 2.53. The Bertz CT molecular complexity index is 613. The molecular weight excluding hydrogens is 246 g/mol. The Balaban J connectivity index is 1.92. The zero-order valence-electron chi connectivity index (χ0n) is 11.7. The Hall–Kier alpha value is -1.71. The lowest BCUT2D eigenvalue weighted by molar-refractivity contribution is 0.531. The number of allylic oxidation sites excluding steroid dienone is 1. The predicted octanol–water partition coefficient (Wildman–Crippen LogP) is 3.63. The minimum atomic E-state index is 0.137. The number of nitrogens with zero attached hydrogens (tertiary/aromatic N) is 1. The minimum Gasteiger partial charge on any atom is -0.271 e. The monoisotopic (exact) mass is 267 g/mol. The minimum absolute atomic E-state index is 0.137. The highest BCUT2D eigenvalue weighted by atomic mass is 15.2. The van der Waals surface area contributed by atoms with Gasteiger partial charge in [-0.3, -0.25) is 16.3 Å². The first-order valence-electron chi connectivity index (χ1n) is 7.36. The molecule has 3 nitrogen and oxygen atoms in total. The Morgan fingerprint density at radius 2 is 2.10 bits per heavy atom. The fourth-order valence-corrected chi connectivity index (χ4v) is 3.02. The van der Waals surface area contributed by atoms with E-state index in [1.807, 2.05) is 12.3 Å². The van der Waals surface area contributed by atoms with Crippen LogP contribution in [-0.2, 0) is 0 Å². The van der Waals surface area contributed by atoms with E-state index in [0.29, 0.717) is 0 Å². The number of hydrogen-bond donors (Lipinski definition) is 2. The van der Waals surface area contributed by atoms with Crippen LogP contribution in [0.15, 0.2) is 48.2 Å². The van der Waals surface area contributed by atoms with Crippen LogP contribution in [0.5, 0.6) is 0 Å². The van der Waals surface area contributed by atoms with Gasteiger partial charge < -0.3 is 0 Å². The maximum atomic E-state index is 5.81. The van der Waals surface area contributed by atoms with Crippen LogP contribution in [0.2, 0.25) is 0 Å². The summed E-state index contributed by atoms with van der Waals surface area (Å²) in [6.07, 6.45) is 10.2. The summed E-state index contributed by atoms with van der Waals surface area (Å²) in [6, 6.07) is 10.5. The van der Waals surface area contributed by atoms with Crippen molar-refractivity contribution < 1.29 is 0 Å². The summed E-state index contributed by atoms with van der Waals surface area (Å²) in [5.74, 6) is 5.81.